The van der Waals surface area contributed by atoms with Crippen LogP contribution in [0.1, 0.15) is 12.8 Å². The minimum Gasteiger partial charge on any atom is -0.435 e. The number of halogens is 2. The second-order valence-corrected chi connectivity index (χ2v) is 5.54. The molecule has 1 aliphatic carbocycles. The molecule has 1 saturated carbocycles. The summed E-state index contributed by atoms with van der Waals surface area (Å²) >= 11 is 0. The molecule has 0 amide bonds. The molecule has 0 atom stereocenters. The van der Waals surface area contributed by atoms with Gasteiger partial charge in [0.15, 0.2) is 0 Å². The maximum atomic E-state index is 12.2. The number of ether oxygens (including phenoxy) is 1. The molecule has 1 aromatic heterocycles. The lowest BCUT2D eigenvalue weighted by molar-refractivity contribution is -0.384. The van der Waals surface area contributed by atoms with Gasteiger partial charge in [-0.2, -0.15) is 13.8 Å². The molecule has 1 aliphatic rings. The van der Waals surface area contributed by atoms with Crippen LogP contribution in [0.15, 0.2) is 30.5 Å². The molecule has 25 heavy (non-hydrogen) atoms. The predicted molar refractivity (Wildman–Crippen MR) is 86.3 cm³/mol. The van der Waals surface area contributed by atoms with Crippen molar-refractivity contribution in [2.75, 3.05) is 17.2 Å². The van der Waals surface area contributed by atoms with E-state index < -0.39 is 11.5 Å². The molecule has 1 aromatic carbocycles. The number of hydrogen-bond donors (Lipinski definition) is 2. The molecule has 8 nitrogen and oxygen atoms in total. The van der Waals surface area contributed by atoms with Gasteiger partial charge in [-0.15, -0.1) is 0 Å². The van der Waals surface area contributed by atoms with Gasteiger partial charge in [0.1, 0.15) is 11.9 Å². The molecule has 10 heteroatoms. The summed E-state index contributed by atoms with van der Waals surface area (Å²) in [5, 5.41) is 17.0. The molecule has 0 saturated heterocycles. The SMILES string of the molecule is O=[N+]([O-])c1cnc(NCC2CC2)nc1Nc1ccc(OC(F)F)cc1. The van der Waals surface area contributed by atoms with Gasteiger partial charge < -0.3 is 15.4 Å². The topological polar surface area (TPSA) is 102 Å². The third-order valence-electron chi connectivity index (χ3n) is 3.55. The second kappa shape index (κ2) is 7.24. The summed E-state index contributed by atoms with van der Waals surface area (Å²) in [4.78, 5) is 18.6. The average Bonchev–Trinajstić information content (AvgIpc) is 3.38. The van der Waals surface area contributed by atoms with E-state index in [0.29, 0.717) is 11.6 Å². The molecule has 2 N–H and O–H groups in total. The van der Waals surface area contributed by atoms with E-state index in [1.807, 2.05) is 0 Å². The number of aromatic nitrogens is 2. The summed E-state index contributed by atoms with van der Waals surface area (Å²) in [7, 11) is 0. The molecular weight excluding hydrogens is 336 g/mol. The zero-order valence-corrected chi connectivity index (χ0v) is 13.0. The largest absolute Gasteiger partial charge is 0.435 e. The number of nitrogens with one attached hydrogen (secondary N) is 2. The van der Waals surface area contributed by atoms with Crippen LogP contribution in [0.3, 0.4) is 0 Å². The Kier molecular flexibility index (Phi) is 4.87. The van der Waals surface area contributed by atoms with Gasteiger partial charge in [0.05, 0.1) is 4.92 Å². The van der Waals surface area contributed by atoms with Crippen LogP contribution in [0.2, 0.25) is 0 Å². The molecule has 1 fully saturated rings. The smallest absolute Gasteiger partial charge is 0.387 e. The van der Waals surface area contributed by atoms with Crippen molar-refractivity contribution in [2.45, 2.75) is 19.5 Å². The van der Waals surface area contributed by atoms with Crippen LogP contribution < -0.4 is 15.4 Å². The van der Waals surface area contributed by atoms with E-state index in [9.17, 15) is 18.9 Å². The molecule has 132 valence electrons. The number of nitro groups is 1. The second-order valence-electron chi connectivity index (χ2n) is 5.54. The number of benzene rings is 1. The van der Waals surface area contributed by atoms with Crippen molar-refractivity contribution in [1.82, 2.24) is 9.97 Å². The molecule has 0 aliphatic heterocycles. The van der Waals surface area contributed by atoms with Gasteiger partial charge >= 0.3 is 12.3 Å². The Morgan fingerprint density at radius 3 is 2.64 bits per heavy atom. The van der Waals surface area contributed by atoms with Gasteiger partial charge in [-0.05, 0) is 43.0 Å². The minimum absolute atomic E-state index is 0.00970. The summed E-state index contributed by atoms with van der Waals surface area (Å²) in [5.74, 6) is 0.889. The summed E-state index contributed by atoms with van der Waals surface area (Å²) in [6, 6.07) is 5.57. The monoisotopic (exact) mass is 351 g/mol. The Hall–Kier alpha value is -3.04. The first-order chi connectivity index (χ1) is 12.0. The fourth-order valence-corrected chi connectivity index (χ4v) is 2.10. The highest BCUT2D eigenvalue weighted by molar-refractivity contribution is 5.66. The minimum atomic E-state index is -2.91. The molecule has 0 unspecified atom stereocenters. The lowest BCUT2D eigenvalue weighted by Gasteiger charge is -2.10. The first-order valence-corrected chi connectivity index (χ1v) is 7.58. The van der Waals surface area contributed by atoms with Gasteiger partial charge in [-0.1, -0.05) is 0 Å². The van der Waals surface area contributed by atoms with E-state index in [2.05, 4.69) is 25.3 Å². The highest BCUT2D eigenvalue weighted by Crippen LogP contribution is 2.30. The number of nitrogens with zero attached hydrogens (tertiary/aromatic N) is 3. The van der Waals surface area contributed by atoms with E-state index in [1.165, 1.54) is 24.3 Å². The van der Waals surface area contributed by atoms with E-state index in [1.54, 1.807) is 0 Å². The van der Waals surface area contributed by atoms with Crippen LogP contribution in [0.25, 0.3) is 0 Å². The highest BCUT2D eigenvalue weighted by Gasteiger charge is 2.22. The Labute approximate surface area is 141 Å². The van der Waals surface area contributed by atoms with Crippen LogP contribution in [-0.2, 0) is 0 Å². The van der Waals surface area contributed by atoms with Crippen LogP contribution in [0, 0.1) is 16.0 Å². The fourth-order valence-electron chi connectivity index (χ4n) is 2.10. The molecule has 2 aromatic rings. The Morgan fingerprint density at radius 2 is 2.04 bits per heavy atom. The summed E-state index contributed by atoms with van der Waals surface area (Å²) in [5.41, 5.74) is 0.154. The third-order valence-corrected chi connectivity index (χ3v) is 3.55. The maximum absolute atomic E-state index is 12.2. The van der Waals surface area contributed by atoms with Crippen molar-refractivity contribution in [2.24, 2.45) is 5.92 Å². The van der Waals surface area contributed by atoms with Crippen LogP contribution in [-0.4, -0.2) is 28.0 Å². The molecule has 3 rings (SSSR count). The first kappa shape index (κ1) is 16.8. The van der Waals surface area contributed by atoms with Crippen molar-refractivity contribution in [3.63, 3.8) is 0 Å². The maximum Gasteiger partial charge on any atom is 0.387 e. The van der Waals surface area contributed by atoms with Gasteiger partial charge in [-0.3, -0.25) is 10.1 Å². The molecule has 0 bridgehead atoms. The Morgan fingerprint density at radius 1 is 1.32 bits per heavy atom. The van der Waals surface area contributed by atoms with Crippen molar-refractivity contribution >= 4 is 23.1 Å². The lowest BCUT2D eigenvalue weighted by atomic mass is 10.3. The fraction of sp³-hybridized carbons (Fsp3) is 0.333. The quantitative estimate of drug-likeness (QED) is 0.554. The molecule has 0 radical (unpaired) electrons. The number of anilines is 3. The molecule has 0 spiro atoms. The van der Waals surface area contributed by atoms with E-state index in [-0.39, 0.29) is 23.2 Å². The van der Waals surface area contributed by atoms with E-state index >= 15 is 0 Å². The average molecular weight is 351 g/mol. The summed E-state index contributed by atoms with van der Waals surface area (Å²) in [6.45, 7) is -2.20. The van der Waals surface area contributed by atoms with Crippen molar-refractivity contribution < 1.29 is 18.4 Å². The predicted octanol–water partition coefficient (Wildman–Crippen LogP) is 3.55. The third kappa shape index (κ3) is 4.72. The van der Waals surface area contributed by atoms with Crippen molar-refractivity contribution in [3.8, 4) is 5.75 Å². The van der Waals surface area contributed by atoms with Gasteiger partial charge in [0, 0.05) is 12.2 Å². The zero-order chi connectivity index (χ0) is 17.8. The van der Waals surface area contributed by atoms with Crippen molar-refractivity contribution in [1.29, 1.82) is 0 Å². The van der Waals surface area contributed by atoms with Crippen LogP contribution >= 0.6 is 0 Å². The van der Waals surface area contributed by atoms with Crippen LogP contribution in [0.5, 0.6) is 5.75 Å². The Bertz CT molecular complexity index is 753. The number of rotatable bonds is 8. The van der Waals surface area contributed by atoms with E-state index in [0.717, 1.165) is 25.6 Å². The normalized spacial score (nSPS) is 13.6. The van der Waals surface area contributed by atoms with Crippen LogP contribution in [0.4, 0.5) is 31.9 Å². The molecule has 1 heterocycles. The summed E-state index contributed by atoms with van der Waals surface area (Å²) < 4.78 is 28.6. The first-order valence-electron chi connectivity index (χ1n) is 7.58. The van der Waals surface area contributed by atoms with Crippen molar-refractivity contribution in [3.05, 3.63) is 40.6 Å². The highest BCUT2D eigenvalue weighted by atomic mass is 19.3. The standard InChI is InChI=1S/C15H15F2N5O3/c16-14(17)25-11-5-3-10(4-6-11)20-13-12(22(23)24)8-19-15(21-13)18-7-9-1-2-9/h3-6,8-9,14H,1-2,7H2,(H2,18,19,20,21). The van der Waals surface area contributed by atoms with Gasteiger partial charge in [0.25, 0.3) is 0 Å². The lowest BCUT2D eigenvalue weighted by Crippen LogP contribution is -2.09. The van der Waals surface area contributed by atoms with Gasteiger partial charge in [-0.25, -0.2) is 4.98 Å². The number of alkyl halides is 2. The molecular formula is C15H15F2N5O3. The van der Waals surface area contributed by atoms with Gasteiger partial charge in [0.2, 0.25) is 11.8 Å². The number of hydrogen-bond acceptors (Lipinski definition) is 7. The summed E-state index contributed by atoms with van der Waals surface area (Å²) in [6.07, 6.45) is 3.43. The zero-order valence-electron chi connectivity index (χ0n) is 13.0. The van der Waals surface area contributed by atoms with E-state index in [4.69, 9.17) is 0 Å². The Balaban J connectivity index is 1.76.